The van der Waals surface area contributed by atoms with Crippen molar-refractivity contribution < 1.29 is 0 Å². The Labute approximate surface area is 57.0 Å². The van der Waals surface area contributed by atoms with Crippen LogP contribution in [-0.4, -0.2) is 23.5 Å². The van der Waals surface area contributed by atoms with E-state index in [9.17, 15) is 0 Å². The van der Waals surface area contributed by atoms with E-state index in [0.717, 1.165) is 6.04 Å². The molecule has 52 valence electrons. The van der Waals surface area contributed by atoms with Gasteiger partial charge in [0.05, 0.1) is 0 Å². The zero-order chi connectivity index (χ0) is 6.48. The Hall–Kier alpha value is -0.0400. The highest BCUT2D eigenvalue weighted by Gasteiger charge is 2.51. The summed E-state index contributed by atoms with van der Waals surface area (Å²) in [5.41, 5.74) is 0.708. The first kappa shape index (κ1) is 5.72. The molecule has 2 fully saturated rings. The van der Waals surface area contributed by atoms with E-state index in [1.807, 2.05) is 0 Å². The summed E-state index contributed by atoms with van der Waals surface area (Å²) in [6, 6.07) is 0.854. The average Bonchev–Trinajstić information content (AvgIpc) is 2.57. The first-order valence-corrected chi connectivity index (χ1v) is 3.98. The summed E-state index contributed by atoms with van der Waals surface area (Å²) in [5.74, 6) is 0. The van der Waals surface area contributed by atoms with Crippen molar-refractivity contribution in [3.8, 4) is 0 Å². The molecule has 0 bridgehead atoms. The van der Waals surface area contributed by atoms with Gasteiger partial charge in [-0.15, -0.1) is 0 Å². The minimum Gasteiger partial charge on any atom is -0.298 e. The largest absolute Gasteiger partial charge is 0.298 e. The molecule has 1 aliphatic heterocycles. The molecule has 0 aromatic rings. The molecular weight excluding hydrogens is 110 g/mol. The minimum absolute atomic E-state index is 0.708. The van der Waals surface area contributed by atoms with Crippen LogP contribution in [0.5, 0.6) is 0 Å². The summed E-state index contributed by atoms with van der Waals surface area (Å²) >= 11 is 0. The van der Waals surface area contributed by atoms with E-state index in [1.165, 1.54) is 25.7 Å². The van der Waals surface area contributed by atoms with Gasteiger partial charge in [-0.05, 0) is 39.7 Å². The third-order valence-corrected chi connectivity index (χ3v) is 3.26. The predicted molar refractivity (Wildman–Crippen MR) is 38.4 cm³/mol. The molecular formula is C8H15N. The van der Waals surface area contributed by atoms with E-state index in [-0.39, 0.29) is 0 Å². The highest BCUT2D eigenvalue weighted by Crippen LogP contribution is 2.50. The molecule has 1 heteroatoms. The van der Waals surface area contributed by atoms with Gasteiger partial charge in [0.15, 0.2) is 0 Å². The van der Waals surface area contributed by atoms with E-state index in [4.69, 9.17) is 0 Å². The van der Waals surface area contributed by atoms with Crippen molar-refractivity contribution in [3.63, 3.8) is 0 Å². The van der Waals surface area contributed by atoms with Crippen molar-refractivity contribution in [2.24, 2.45) is 0 Å². The lowest BCUT2D eigenvalue weighted by Gasteiger charge is -2.22. The molecule has 1 nitrogen and oxygen atoms in total. The maximum Gasteiger partial charge on any atom is 0.0211 e. The monoisotopic (exact) mass is 125 g/mol. The molecule has 0 radical (unpaired) electrons. The molecule has 2 rings (SSSR count). The van der Waals surface area contributed by atoms with E-state index in [1.54, 1.807) is 0 Å². The Morgan fingerprint density at radius 1 is 1.33 bits per heavy atom. The highest BCUT2D eigenvalue weighted by molar-refractivity contribution is 5.08. The van der Waals surface area contributed by atoms with Crippen LogP contribution in [0.3, 0.4) is 0 Å². The standard InChI is InChI=1S/C8H15N/c1-7-3-4-8(5-6-8)9(7)2/h7H,3-6H2,1-2H3/t7-/m0/s1. The van der Waals surface area contributed by atoms with E-state index in [0.29, 0.717) is 5.54 Å². The first-order chi connectivity index (χ1) is 4.25. The minimum atomic E-state index is 0.708. The molecule has 1 heterocycles. The van der Waals surface area contributed by atoms with Gasteiger partial charge in [-0.1, -0.05) is 0 Å². The average molecular weight is 125 g/mol. The molecule has 9 heavy (non-hydrogen) atoms. The maximum absolute atomic E-state index is 2.58. The Morgan fingerprint density at radius 3 is 2.22 bits per heavy atom. The second-order valence-electron chi connectivity index (χ2n) is 3.72. The third kappa shape index (κ3) is 0.644. The van der Waals surface area contributed by atoms with Crippen molar-refractivity contribution in [2.75, 3.05) is 7.05 Å². The molecule has 0 N–H and O–H groups in total. The first-order valence-electron chi connectivity index (χ1n) is 3.98. The fraction of sp³-hybridized carbons (Fsp3) is 1.00. The van der Waals surface area contributed by atoms with Crippen LogP contribution in [-0.2, 0) is 0 Å². The second kappa shape index (κ2) is 1.51. The Balaban J connectivity index is 2.13. The molecule has 0 aromatic heterocycles. The summed E-state index contributed by atoms with van der Waals surface area (Å²) in [6.07, 6.45) is 5.82. The Kier molecular flexibility index (Phi) is 0.963. The van der Waals surface area contributed by atoms with Gasteiger partial charge in [-0.3, -0.25) is 4.90 Å². The van der Waals surface area contributed by atoms with Gasteiger partial charge in [0.25, 0.3) is 0 Å². The van der Waals surface area contributed by atoms with Gasteiger partial charge in [0.2, 0.25) is 0 Å². The smallest absolute Gasteiger partial charge is 0.0211 e. The van der Waals surface area contributed by atoms with E-state index in [2.05, 4.69) is 18.9 Å². The zero-order valence-corrected chi connectivity index (χ0v) is 6.35. The molecule has 1 saturated carbocycles. The van der Waals surface area contributed by atoms with Crippen LogP contribution < -0.4 is 0 Å². The zero-order valence-electron chi connectivity index (χ0n) is 6.35. The number of nitrogens with zero attached hydrogens (tertiary/aromatic N) is 1. The summed E-state index contributed by atoms with van der Waals surface area (Å²) in [7, 11) is 2.28. The lowest BCUT2D eigenvalue weighted by Crippen LogP contribution is -2.31. The molecule has 0 unspecified atom stereocenters. The topological polar surface area (TPSA) is 3.24 Å². The van der Waals surface area contributed by atoms with Gasteiger partial charge < -0.3 is 0 Å². The van der Waals surface area contributed by atoms with Gasteiger partial charge in [0.1, 0.15) is 0 Å². The Bertz CT molecular complexity index is 127. The predicted octanol–water partition coefficient (Wildman–Crippen LogP) is 1.63. The molecule has 1 saturated heterocycles. The van der Waals surface area contributed by atoms with Gasteiger partial charge >= 0.3 is 0 Å². The second-order valence-corrected chi connectivity index (χ2v) is 3.72. The summed E-state index contributed by atoms with van der Waals surface area (Å²) < 4.78 is 0. The Morgan fingerprint density at radius 2 is 2.00 bits per heavy atom. The lowest BCUT2D eigenvalue weighted by atomic mass is 10.2. The molecule has 2 aliphatic rings. The summed E-state index contributed by atoms with van der Waals surface area (Å²) in [6.45, 7) is 2.34. The quantitative estimate of drug-likeness (QED) is 0.475. The van der Waals surface area contributed by atoms with Crippen LogP contribution >= 0.6 is 0 Å². The SMILES string of the molecule is C[C@H]1CCC2(CC2)N1C. The van der Waals surface area contributed by atoms with Crippen molar-refractivity contribution >= 4 is 0 Å². The summed E-state index contributed by atoms with van der Waals surface area (Å²) in [5, 5.41) is 0. The fourth-order valence-electron chi connectivity index (χ4n) is 2.06. The van der Waals surface area contributed by atoms with Crippen LogP contribution in [0, 0.1) is 0 Å². The molecule has 0 amide bonds. The van der Waals surface area contributed by atoms with Crippen LogP contribution in [0.15, 0.2) is 0 Å². The van der Waals surface area contributed by atoms with Crippen LogP contribution in [0.4, 0.5) is 0 Å². The lowest BCUT2D eigenvalue weighted by molar-refractivity contribution is 0.236. The van der Waals surface area contributed by atoms with Crippen LogP contribution in [0.25, 0.3) is 0 Å². The number of hydrogen-bond acceptors (Lipinski definition) is 1. The maximum atomic E-state index is 2.58. The van der Waals surface area contributed by atoms with Crippen molar-refractivity contribution in [2.45, 2.75) is 44.2 Å². The van der Waals surface area contributed by atoms with E-state index < -0.39 is 0 Å². The number of likely N-dealkylation sites (tertiary alicyclic amines) is 1. The highest BCUT2D eigenvalue weighted by atomic mass is 15.2. The molecule has 0 aromatic carbocycles. The fourth-order valence-corrected chi connectivity index (χ4v) is 2.06. The van der Waals surface area contributed by atoms with Gasteiger partial charge in [0, 0.05) is 11.6 Å². The number of hydrogen-bond donors (Lipinski definition) is 0. The van der Waals surface area contributed by atoms with Gasteiger partial charge in [-0.25, -0.2) is 0 Å². The van der Waals surface area contributed by atoms with Crippen molar-refractivity contribution in [1.29, 1.82) is 0 Å². The van der Waals surface area contributed by atoms with E-state index >= 15 is 0 Å². The van der Waals surface area contributed by atoms with Crippen molar-refractivity contribution in [3.05, 3.63) is 0 Å². The third-order valence-electron chi connectivity index (χ3n) is 3.26. The van der Waals surface area contributed by atoms with Crippen molar-refractivity contribution in [1.82, 2.24) is 4.90 Å². The summed E-state index contributed by atoms with van der Waals surface area (Å²) in [4.78, 5) is 2.58. The van der Waals surface area contributed by atoms with Gasteiger partial charge in [-0.2, -0.15) is 0 Å². The van der Waals surface area contributed by atoms with Crippen LogP contribution in [0.1, 0.15) is 32.6 Å². The number of rotatable bonds is 0. The van der Waals surface area contributed by atoms with Crippen LogP contribution in [0.2, 0.25) is 0 Å². The normalized spacial score (nSPS) is 40.0. The molecule has 1 spiro atoms. The molecule has 1 aliphatic carbocycles. The molecule has 1 atom stereocenters.